The minimum atomic E-state index is -0.643. The molecule has 0 bridgehead atoms. The third kappa shape index (κ3) is 2.21. The van der Waals surface area contributed by atoms with Gasteiger partial charge in [-0.05, 0) is 36.2 Å². The lowest BCUT2D eigenvalue weighted by molar-refractivity contribution is -0.134. The second-order valence-electron chi connectivity index (χ2n) is 5.76. The predicted octanol–water partition coefficient (Wildman–Crippen LogP) is 2.75. The Hall–Kier alpha value is -2.33. The number of hydrogen-bond acceptors (Lipinski definition) is 3. The zero-order valence-corrected chi connectivity index (χ0v) is 13.4. The lowest BCUT2D eigenvalue weighted by Crippen LogP contribution is -2.73. The molecule has 0 aliphatic carbocycles. The topological polar surface area (TPSA) is 49.8 Å². The van der Waals surface area contributed by atoms with E-state index < -0.39 is 5.41 Å². The molecule has 1 fully saturated rings. The normalized spacial score (nSPS) is 23.5. The second kappa shape index (κ2) is 6.05. The van der Waals surface area contributed by atoms with Crippen molar-refractivity contribution in [3.8, 4) is 5.75 Å². The van der Waals surface area contributed by atoms with Crippen LogP contribution in [0.4, 0.5) is 5.69 Å². The fourth-order valence-corrected chi connectivity index (χ4v) is 3.57. The van der Waals surface area contributed by atoms with Gasteiger partial charge in [0.2, 0.25) is 5.91 Å². The summed E-state index contributed by atoms with van der Waals surface area (Å²) in [6.45, 7) is 1.93. The number of methoxy groups -OCH3 is 1. The number of amides is 1. The fourth-order valence-electron chi connectivity index (χ4n) is 3.57. The number of aliphatic hydroxyl groups is 1. The first-order valence-electron chi connectivity index (χ1n) is 7.83. The molecule has 0 unspecified atom stereocenters. The molecule has 1 aliphatic rings. The molecule has 1 aliphatic heterocycles. The highest BCUT2D eigenvalue weighted by Gasteiger charge is 2.60. The molecule has 23 heavy (non-hydrogen) atoms. The fraction of sp³-hybridized carbons (Fsp3) is 0.316. The van der Waals surface area contributed by atoms with Gasteiger partial charge in [-0.2, -0.15) is 0 Å². The Morgan fingerprint density at radius 2 is 1.78 bits per heavy atom. The Bertz CT molecular complexity index is 684. The zero-order valence-electron chi connectivity index (χ0n) is 13.4. The van der Waals surface area contributed by atoms with Crippen LogP contribution in [0, 0.1) is 0 Å². The number of benzene rings is 2. The molecule has 0 aromatic heterocycles. The van der Waals surface area contributed by atoms with Crippen LogP contribution in [0.2, 0.25) is 0 Å². The average Bonchev–Trinajstić information content (AvgIpc) is 2.61. The van der Waals surface area contributed by atoms with Crippen LogP contribution in [0.1, 0.15) is 18.9 Å². The van der Waals surface area contributed by atoms with Crippen molar-refractivity contribution in [3.05, 3.63) is 60.2 Å². The van der Waals surface area contributed by atoms with Crippen molar-refractivity contribution >= 4 is 11.6 Å². The number of nitrogens with zero attached hydrogens (tertiary/aromatic N) is 1. The van der Waals surface area contributed by atoms with Gasteiger partial charge in [0.15, 0.2) is 0 Å². The first-order valence-corrected chi connectivity index (χ1v) is 7.83. The Kier molecular flexibility index (Phi) is 4.09. The number of anilines is 1. The Morgan fingerprint density at radius 1 is 1.13 bits per heavy atom. The third-order valence-corrected chi connectivity index (χ3v) is 4.85. The van der Waals surface area contributed by atoms with Gasteiger partial charge < -0.3 is 14.7 Å². The monoisotopic (exact) mass is 311 g/mol. The van der Waals surface area contributed by atoms with E-state index >= 15 is 0 Å². The molecule has 1 N–H and O–H groups in total. The molecule has 0 spiro atoms. The molecule has 1 amide bonds. The first kappa shape index (κ1) is 15.6. The van der Waals surface area contributed by atoms with Crippen LogP contribution in [0.15, 0.2) is 54.6 Å². The summed E-state index contributed by atoms with van der Waals surface area (Å²) in [5.41, 5.74) is 1.11. The summed E-state index contributed by atoms with van der Waals surface area (Å²) in [4.78, 5) is 14.7. The number of carbonyl (C=O) groups is 1. The van der Waals surface area contributed by atoms with Crippen LogP contribution in [-0.4, -0.2) is 30.8 Å². The van der Waals surface area contributed by atoms with E-state index in [1.54, 1.807) is 12.0 Å². The minimum Gasteiger partial charge on any atom is -0.497 e. The number of rotatable bonds is 5. The van der Waals surface area contributed by atoms with Crippen LogP contribution in [0.3, 0.4) is 0 Å². The van der Waals surface area contributed by atoms with E-state index in [1.165, 1.54) is 0 Å². The summed E-state index contributed by atoms with van der Waals surface area (Å²) in [6, 6.07) is 16.8. The van der Waals surface area contributed by atoms with Gasteiger partial charge in [0.1, 0.15) is 5.75 Å². The standard InChI is InChI=1S/C19H21NO3/c1-3-19(14-7-5-4-6-8-14)17(13-21)20(18(19)22)15-9-11-16(23-2)12-10-15/h4-12,17,21H,3,13H2,1-2H3/t17-,19-/m0/s1. The molecule has 1 heterocycles. The molecule has 2 aromatic rings. The summed E-state index contributed by atoms with van der Waals surface area (Å²) >= 11 is 0. The molecule has 120 valence electrons. The van der Waals surface area contributed by atoms with Gasteiger partial charge in [-0.1, -0.05) is 37.3 Å². The van der Waals surface area contributed by atoms with Crippen LogP contribution >= 0.6 is 0 Å². The van der Waals surface area contributed by atoms with Crippen LogP contribution in [-0.2, 0) is 10.2 Å². The van der Waals surface area contributed by atoms with Crippen molar-refractivity contribution in [2.75, 3.05) is 18.6 Å². The molecule has 0 radical (unpaired) electrons. The van der Waals surface area contributed by atoms with Gasteiger partial charge in [0.05, 0.1) is 25.2 Å². The molecule has 2 atom stereocenters. The maximum absolute atomic E-state index is 13.0. The molecular formula is C19H21NO3. The summed E-state index contributed by atoms with van der Waals surface area (Å²) in [7, 11) is 1.61. The number of ether oxygens (including phenoxy) is 1. The van der Waals surface area contributed by atoms with Crippen LogP contribution < -0.4 is 9.64 Å². The second-order valence-corrected chi connectivity index (χ2v) is 5.76. The van der Waals surface area contributed by atoms with E-state index in [9.17, 15) is 9.90 Å². The lowest BCUT2D eigenvalue weighted by atomic mass is 9.64. The summed E-state index contributed by atoms with van der Waals surface area (Å²) in [5.74, 6) is 0.780. The number of carbonyl (C=O) groups excluding carboxylic acids is 1. The van der Waals surface area contributed by atoms with Crippen LogP contribution in [0.25, 0.3) is 0 Å². The van der Waals surface area contributed by atoms with Crippen molar-refractivity contribution in [1.29, 1.82) is 0 Å². The maximum Gasteiger partial charge on any atom is 0.240 e. The average molecular weight is 311 g/mol. The van der Waals surface area contributed by atoms with Gasteiger partial charge in [-0.25, -0.2) is 0 Å². The zero-order chi connectivity index (χ0) is 16.4. The van der Waals surface area contributed by atoms with E-state index in [-0.39, 0.29) is 18.6 Å². The quantitative estimate of drug-likeness (QED) is 0.864. The van der Waals surface area contributed by atoms with E-state index in [2.05, 4.69) is 0 Å². The van der Waals surface area contributed by atoms with Crippen LogP contribution in [0.5, 0.6) is 5.75 Å². The van der Waals surface area contributed by atoms with E-state index in [0.29, 0.717) is 6.42 Å². The largest absolute Gasteiger partial charge is 0.497 e. The first-order chi connectivity index (χ1) is 11.2. The smallest absolute Gasteiger partial charge is 0.240 e. The highest BCUT2D eigenvalue weighted by Crippen LogP contribution is 2.47. The van der Waals surface area contributed by atoms with E-state index in [1.807, 2.05) is 61.5 Å². The lowest BCUT2D eigenvalue weighted by Gasteiger charge is -2.55. The molecular weight excluding hydrogens is 290 g/mol. The van der Waals surface area contributed by atoms with Gasteiger partial charge in [-0.3, -0.25) is 4.79 Å². The molecule has 3 rings (SSSR count). The third-order valence-electron chi connectivity index (χ3n) is 4.85. The number of hydrogen-bond donors (Lipinski definition) is 1. The van der Waals surface area contributed by atoms with Crippen molar-refractivity contribution < 1.29 is 14.6 Å². The Balaban J connectivity index is 1.98. The van der Waals surface area contributed by atoms with E-state index in [0.717, 1.165) is 17.0 Å². The Labute approximate surface area is 136 Å². The maximum atomic E-state index is 13.0. The van der Waals surface area contributed by atoms with Crippen molar-refractivity contribution in [1.82, 2.24) is 0 Å². The van der Waals surface area contributed by atoms with Gasteiger partial charge in [-0.15, -0.1) is 0 Å². The molecule has 1 saturated heterocycles. The number of aliphatic hydroxyl groups excluding tert-OH is 1. The molecule has 0 saturated carbocycles. The Morgan fingerprint density at radius 3 is 2.30 bits per heavy atom. The summed E-state index contributed by atoms with van der Waals surface area (Å²) in [6.07, 6.45) is 0.660. The van der Waals surface area contributed by atoms with Gasteiger partial charge in [0, 0.05) is 5.69 Å². The molecule has 4 nitrogen and oxygen atoms in total. The summed E-state index contributed by atoms with van der Waals surface area (Å²) in [5, 5.41) is 9.95. The number of β-lactam (4-membered cyclic amide) rings is 1. The van der Waals surface area contributed by atoms with Gasteiger partial charge in [0.25, 0.3) is 0 Å². The SMILES string of the molecule is CC[C@@]1(c2ccccc2)C(=O)N(c2ccc(OC)cc2)[C@H]1CO. The summed E-state index contributed by atoms with van der Waals surface area (Å²) < 4.78 is 5.16. The van der Waals surface area contributed by atoms with Gasteiger partial charge >= 0.3 is 0 Å². The predicted molar refractivity (Wildman–Crippen MR) is 89.8 cm³/mol. The van der Waals surface area contributed by atoms with Crippen molar-refractivity contribution in [2.45, 2.75) is 24.8 Å². The molecule has 4 heteroatoms. The van der Waals surface area contributed by atoms with Crippen molar-refractivity contribution in [3.63, 3.8) is 0 Å². The van der Waals surface area contributed by atoms with E-state index in [4.69, 9.17) is 4.74 Å². The highest BCUT2D eigenvalue weighted by atomic mass is 16.5. The minimum absolute atomic E-state index is 0.0374. The van der Waals surface area contributed by atoms with Crippen molar-refractivity contribution in [2.24, 2.45) is 0 Å². The molecule has 2 aromatic carbocycles. The highest BCUT2D eigenvalue weighted by molar-refractivity contribution is 6.10.